The van der Waals surface area contributed by atoms with Crippen molar-refractivity contribution in [2.75, 3.05) is 18.0 Å². The number of aromatic nitrogens is 1. The van der Waals surface area contributed by atoms with E-state index in [-0.39, 0.29) is 11.7 Å². The van der Waals surface area contributed by atoms with Crippen LogP contribution in [0.4, 0.5) is 10.2 Å². The number of hydrogen-bond donors (Lipinski definition) is 0. The summed E-state index contributed by atoms with van der Waals surface area (Å²) in [5, 5.41) is 0. The SMILES string of the molecule is CC(C)CCN(CCC(C)C)c1nccc(CCl)c1F. The Labute approximate surface area is 127 Å². The van der Waals surface area contributed by atoms with Crippen LogP contribution in [0.2, 0.25) is 0 Å². The van der Waals surface area contributed by atoms with Crippen LogP contribution in [0, 0.1) is 17.7 Å². The Balaban J connectivity index is 2.90. The van der Waals surface area contributed by atoms with Gasteiger partial charge < -0.3 is 4.90 Å². The second kappa shape index (κ2) is 8.46. The molecular formula is C16H26ClFN2. The molecule has 1 aromatic rings. The smallest absolute Gasteiger partial charge is 0.170 e. The second-order valence-electron chi connectivity index (χ2n) is 6.09. The summed E-state index contributed by atoms with van der Waals surface area (Å²) in [4.78, 5) is 6.30. The van der Waals surface area contributed by atoms with Crippen LogP contribution in [0.3, 0.4) is 0 Å². The normalized spacial score (nSPS) is 11.4. The van der Waals surface area contributed by atoms with E-state index in [4.69, 9.17) is 11.6 Å². The summed E-state index contributed by atoms with van der Waals surface area (Å²) in [5.41, 5.74) is 0.524. The molecule has 0 aliphatic carbocycles. The Morgan fingerprint density at radius 3 is 2.15 bits per heavy atom. The van der Waals surface area contributed by atoms with E-state index in [0.29, 0.717) is 23.2 Å². The van der Waals surface area contributed by atoms with E-state index < -0.39 is 0 Å². The summed E-state index contributed by atoms with van der Waals surface area (Å²) >= 11 is 5.78. The highest BCUT2D eigenvalue weighted by atomic mass is 35.5. The van der Waals surface area contributed by atoms with E-state index in [9.17, 15) is 4.39 Å². The van der Waals surface area contributed by atoms with Crippen molar-refractivity contribution in [2.45, 2.75) is 46.4 Å². The van der Waals surface area contributed by atoms with Crippen molar-refractivity contribution >= 4 is 17.4 Å². The van der Waals surface area contributed by atoms with Gasteiger partial charge in [-0.15, -0.1) is 11.6 Å². The molecule has 0 fully saturated rings. The first-order chi connectivity index (χ1) is 9.45. The Bertz CT molecular complexity index is 395. The van der Waals surface area contributed by atoms with Crippen LogP contribution in [0.15, 0.2) is 12.3 Å². The molecule has 114 valence electrons. The summed E-state index contributed by atoms with van der Waals surface area (Å²) in [5.74, 6) is 1.55. The molecule has 1 heterocycles. The lowest BCUT2D eigenvalue weighted by molar-refractivity contribution is 0.521. The summed E-state index contributed by atoms with van der Waals surface area (Å²) < 4.78 is 14.4. The van der Waals surface area contributed by atoms with Gasteiger partial charge in [-0.2, -0.15) is 0 Å². The van der Waals surface area contributed by atoms with Gasteiger partial charge in [0, 0.05) is 24.8 Å². The minimum absolute atomic E-state index is 0.184. The largest absolute Gasteiger partial charge is 0.354 e. The highest BCUT2D eigenvalue weighted by Crippen LogP contribution is 2.22. The topological polar surface area (TPSA) is 16.1 Å². The van der Waals surface area contributed by atoms with E-state index >= 15 is 0 Å². The van der Waals surface area contributed by atoms with Gasteiger partial charge in [-0.05, 0) is 30.7 Å². The van der Waals surface area contributed by atoms with Gasteiger partial charge in [-0.1, -0.05) is 27.7 Å². The Morgan fingerprint density at radius 1 is 1.15 bits per heavy atom. The van der Waals surface area contributed by atoms with E-state index in [1.807, 2.05) is 0 Å². The minimum atomic E-state index is -0.269. The third-order valence-electron chi connectivity index (χ3n) is 3.35. The number of hydrogen-bond acceptors (Lipinski definition) is 2. The zero-order valence-corrected chi connectivity index (χ0v) is 13.8. The minimum Gasteiger partial charge on any atom is -0.354 e. The van der Waals surface area contributed by atoms with E-state index in [0.717, 1.165) is 25.9 Å². The van der Waals surface area contributed by atoms with Gasteiger partial charge in [0.2, 0.25) is 0 Å². The molecule has 1 aromatic heterocycles. The van der Waals surface area contributed by atoms with E-state index in [1.54, 1.807) is 12.3 Å². The monoisotopic (exact) mass is 300 g/mol. The molecule has 0 saturated heterocycles. The van der Waals surface area contributed by atoms with Crippen molar-refractivity contribution in [3.63, 3.8) is 0 Å². The standard InChI is InChI=1S/C16H26ClFN2/c1-12(2)6-9-20(10-7-13(3)4)16-15(18)14(11-17)5-8-19-16/h5,8,12-13H,6-7,9-11H2,1-4H3. The highest BCUT2D eigenvalue weighted by Gasteiger charge is 2.16. The molecular weight excluding hydrogens is 275 g/mol. The summed E-state index contributed by atoms with van der Waals surface area (Å²) in [6, 6.07) is 1.65. The number of rotatable bonds is 8. The number of pyridine rings is 1. The van der Waals surface area contributed by atoms with E-state index in [1.165, 1.54) is 0 Å². The summed E-state index contributed by atoms with van der Waals surface area (Å²) in [6.07, 6.45) is 3.71. The third kappa shape index (κ3) is 5.28. The average molecular weight is 301 g/mol. The number of alkyl halides is 1. The lowest BCUT2D eigenvalue weighted by Crippen LogP contribution is -2.29. The molecule has 0 amide bonds. The van der Waals surface area contributed by atoms with Gasteiger partial charge in [0.1, 0.15) is 0 Å². The molecule has 0 spiro atoms. The van der Waals surface area contributed by atoms with Crippen LogP contribution < -0.4 is 4.90 Å². The summed E-state index contributed by atoms with van der Waals surface area (Å²) in [6.45, 7) is 10.4. The van der Waals surface area contributed by atoms with Gasteiger partial charge in [0.15, 0.2) is 11.6 Å². The zero-order chi connectivity index (χ0) is 15.1. The molecule has 0 bridgehead atoms. The Morgan fingerprint density at radius 2 is 1.70 bits per heavy atom. The Kier molecular flexibility index (Phi) is 7.28. The lowest BCUT2D eigenvalue weighted by Gasteiger charge is -2.26. The maximum atomic E-state index is 14.4. The van der Waals surface area contributed by atoms with Crippen molar-refractivity contribution in [3.05, 3.63) is 23.6 Å². The Hall–Kier alpha value is -0.830. The van der Waals surface area contributed by atoms with Gasteiger partial charge in [0.05, 0.1) is 5.88 Å². The van der Waals surface area contributed by atoms with Crippen LogP contribution in [-0.4, -0.2) is 18.1 Å². The van der Waals surface area contributed by atoms with Crippen LogP contribution in [0.25, 0.3) is 0 Å². The summed E-state index contributed by atoms with van der Waals surface area (Å²) in [7, 11) is 0. The quantitative estimate of drug-likeness (QED) is 0.637. The molecule has 0 aliphatic rings. The van der Waals surface area contributed by atoms with Gasteiger partial charge >= 0.3 is 0 Å². The van der Waals surface area contributed by atoms with Crippen molar-refractivity contribution in [1.29, 1.82) is 0 Å². The van der Waals surface area contributed by atoms with Crippen LogP contribution >= 0.6 is 11.6 Å². The predicted molar refractivity (Wildman–Crippen MR) is 84.9 cm³/mol. The molecule has 1 rings (SSSR count). The lowest BCUT2D eigenvalue weighted by atomic mass is 10.1. The molecule has 2 nitrogen and oxygen atoms in total. The van der Waals surface area contributed by atoms with Crippen LogP contribution in [0.1, 0.15) is 46.1 Å². The van der Waals surface area contributed by atoms with Crippen molar-refractivity contribution in [1.82, 2.24) is 4.98 Å². The molecule has 4 heteroatoms. The molecule has 0 saturated carbocycles. The van der Waals surface area contributed by atoms with Crippen molar-refractivity contribution in [3.8, 4) is 0 Å². The molecule has 20 heavy (non-hydrogen) atoms. The molecule has 0 unspecified atom stereocenters. The number of nitrogens with zero attached hydrogens (tertiary/aromatic N) is 2. The fraction of sp³-hybridized carbons (Fsp3) is 0.688. The van der Waals surface area contributed by atoms with Gasteiger partial charge in [-0.25, -0.2) is 9.37 Å². The second-order valence-corrected chi connectivity index (χ2v) is 6.36. The molecule has 0 radical (unpaired) electrons. The molecule has 0 N–H and O–H groups in total. The van der Waals surface area contributed by atoms with Crippen molar-refractivity contribution in [2.24, 2.45) is 11.8 Å². The average Bonchev–Trinajstić information content (AvgIpc) is 2.39. The van der Waals surface area contributed by atoms with Gasteiger partial charge in [0.25, 0.3) is 0 Å². The predicted octanol–water partition coefficient (Wildman–Crippen LogP) is 4.86. The fourth-order valence-electron chi connectivity index (χ4n) is 1.95. The van der Waals surface area contributed by atoms with Crippen LogP contribution in [-0.2, 0) is 5.88 Å². The van der Waals surface area contributed by atoms with E-state index in [2.05, 4.69) is 37.6 Å². The first kappa shape index (κ1) is 17.2. The number of anilines is 1. The fourth-order valence-corrected chi connectivity index (χ4v) is 2.15. The highest BCUT2D eigenvalue weighted by molar-refractivity contribution is 6.17. The van der Waals surface area contributed by atoms with Gasteiger partial charge in [-0.3, -0.25) is 0 Å². The number of halogens is 2. The molecule has 0 aliphatic heterocycles. The maximum absolute atomic E-state index is 14.4. The van der Waals surface area contributed by atoms with Crippen molar-refractivity contribution < 1.29 is 4.39 Å². The molecule has 0 aromatic carbocycles. The first-order valence-corrected chi connectivity index (χ1v) is 7.93. The first-order valence-electron chi connectivity index (χ1n) is 7.40. The molecule has 0 atom stereocenters. The maximum Gasteiger partial charge on any atom is 0.170 e. The zero-order valence-electron chi connectivity index (χ0n) is 13.0. The third-order valence-corrected chi connectivity index (χ3v) is 3.63. The van der Waals surface area contributed by atoms with Crippen LogP contribution in [0.5, 0.6) is 0 Å².